The summed E-state index contributed by atoms with van der Waals surface area (Å²) in [5.74, 6) is -0.174. The van der Waals surface area contributed by atoms with Crippen molar-refractivity contribution in [3.8, 4) is 0 Å². The smallest absolute Gasteiger partial charge is 0.242 e. The van der Waals surface area contributed by atoms with Gasteiger partial charge >= 0.3 is 0 Å². The molecule has 10 heteroatoms. The maximum atomic E-state index is 12.5. The van der Waals surface area contributed by atoms with Gasteiger partial charge in [-0.05, 0) is 57.0 Å². The lowest BCUT2D eigenvalue weighted by atomic mass is 9.96. The lowest BCUT2D eigenvalue weighted by Gasteiger charge is -2.30. The van der Waals surface area contributed by atoms with E-state index in [-0.39, 0.29) is 29.2 Å². The Morgan fingerprint density at radius 1 is 1.23 bits per heavy atom. The second-order valence-electron chi connectivity index (χ2n) is 8.00. The molecule has 31 heavy (non-hydrogen) atoms. The van der Waals surface area contributed by atoms with Crippen LogP contribution in [-0.4, -0.2) is 83.4 Å². The molecule has 1 heterocycles. The Balaban J connectivity index is 1.85. The molecule has 1 fully saturated rings. The Morgan fingerprint density at radius 2 is 1.90 bits per heavy atom. The number of ether oxygens (including phenoxy) is 1. The average molecular weight is 455 g/mol. The first-order valence-electron chi connectivity index (χ1n) is 10.5. The highest BCUT2D eigenvalue weighted by atomic mass is 32.2. The second-order valence-corrected chi connectivity index (χ2v) is 10.1. The van der Waals surface area contributed by atoms with Crippen LogP contribution in [0, 0.1) is 12.8 Å². The third-order valence-corrected chi connectivity index (χ3v) is 7.34. The second kappa shape index (κ2) is 11.6. The van der Waals surface area contributed by atoms with Gasteiger partial charge in [0.25, 0.3) is 0 Å². The maximum absolute atomic E-state index is 12.5. The third kappa shape index (κ3) is 7.27. The highest BCUT2D eigenvalue weighted by Gasteiger charge is 2.26. The zero-order valence-electron chi connectivity index (χ0n) is 18.8. The number of nitrogens with one attached hydrogen (secondary N) is 2. The lowest BCUT2D eigenvalue weighted by molar-refractivity contribution is -0.126. The van der Waals surface area contributed by atoms with Crippen molar-refractivity contribution in [1.82, 2.24) is 14.5 Å². The van der Waals surface area contributed by atoms with E-state index in [1.165, 1.54) is 20.2 Å². The summed E-state index contributed by atoms with van der Waals surface area (Å²) in [4.78, 5) is 26.9. The fourth-order valence-electron chi connectivity index (χ4n) is 3.48. The predicted octanol–water partition coefficient (Wildman–Crippen LogP) is 1.05. The van der Waals surface area contributed by atoms with Gasteiger partial charge in [-0.2, -0.15) is 0 Å². The molecule has 0 spiro atoms. The number of carbonyl (C=O) groups is 2. The summed E-state index contributed by atoms with van der Waals surface area (Å²) in [5.41, 5.74) is 1.07. The molecular weight excluding hydrogens is 420 g/mol. The zero-order valence-corrected chi connectivity index (χ0v) is 19.6. The Hall–Kier alpha value is -2.01. The number of amides is 2. The molecule has 1 aromatic rings. The van der Waals surface area contributed by atoms with Gasteiger partial charge in [0.05, 0.1) is 11.4 Å². The van der Waals surface area contributed by atoms with Crippen LogP contribution in [0.2, 0.25) is 0 Å². The molecule has 0 aliphatic carbocycles. The number of carbonyl (C=O) groups excluding carboxylic acids is 2. The van der Waals surface area contributed by atoms with E-state index >= 15 is 0 Å². The molecular formula is C21H34N4O5S. The molecule has 0 unspecified atom stereocenters. The Labute approximate surface area is 185 Å². The van der Waals surface area contributed by atoms with E-state index in [1.807, 2.05) is 4.90 Å². The molecule has 2 rings (SSSR count). The fourth-order valence-corrected chi connectivity index (χ4v) is 4.63. The number of aryl methyl sites for hydroxylation is 1. The van der Waals surface area contributed by atoms with E-state index in [4.69, 9.17) is 4.74 Å². The van der Waals surface area contributed by atoms with Crippen molar-refractivity contribution in [2.75, 3.05) is 59.3 Å². The molecule has 1 aliphatic rings. The summed E-state index contributed by atoms with van der Waals surface area (Å²) in [6.45, 7) is 4.48. The van der Waals surface area contributed by atoms with Gasteiger partial charge in [-0.1, -0.05) is 6.07 Å². The number of sulfonamides is 1. The minimum Gasteiger partial charge on any atom is -0.385 e. The number of rotatable bonds is 10. The quantitative estimate of drug-likeness (QED) is 0.512. The van der Waals surface area contributed by atoms with Crippen molar-refractivity contribution >= 4 is 27.5 Å². The first kappa shape index (κ1) is 25.3. The minimum atomic E-state index is -3.59. The van der Waals surface area contributed by atoms with E-state index in [2.05, 4.69) is 10.6 Å². The Kier molecular flexibility index (Phi) is 9.42. The monoisotopic (exact) mass is 454 g/mol. The lowest BCUT2D eigenvalue weighted by Crippen LogP contribution is -2.43. The van der Waals surface area contributed by atoms with Gasteiger partial charge in [0.1, 0.15) is 0 Å². The molecule has 0 radical (unpaired) electrons. The van der Waals surface area contributed by atoms with Gasteiger partial charge in [-0.3, -0.25) is 14.5 Å². The highest BCUT2D eigenvalue weighted by molar-refractivity contribution is 7.89. The van der Waals surface area contributed by atoms with Crippen LogP contribution >= 0.6 is 0 Å². The molecule has 2 N–H and O–H groups in total. The van der Waals surface area contributed by atoms with E-state index in [9.17, 15) is 18.0 Å². The molecule has 0 atom stereocenters. The largest absolute Gasteiger partial charge is 0.385 e. The third-order valence-electron chi connectivity index (χ3n) is 5.38. The maximum Gasteiger partial charge on any atom is 0.242 e. The van der Waals surface area contributed by atoms with Crippen molar-refractivity contribution < 1.29 is 22.7 Å². The number of nitrogens with zero attached hydrogens (tertiary/aromatic N) is 2. The SMILES string of the molecule is COCCCNC(=O)C1CCN(CC(=O)Nc2ccc(C)c(S(=O)(=O)N(C)C)c2)CC1. The van der Waals surface area contributed by atoms with Crippen molar-refractivity contribution in [3.63, 3.8) is 0 Å². The topological polar surface area (TPSA) is 108 Å². The average Bonchev–Trinajstić information content (AvgIpc) is 2.72. The van der Waals surface area contributed by atoms with Crippen molar-refractivity contribution in [1.29, 1.82) is 0 Å². The van der Waals surface area contributed by atoms with Crippen LogP contribution in [0.25, 0.3) is 0 Å². The van der Waals surface area contributed by atoms with E-state index in [1.54, 1.807) is 26.2 Å². The number of piperidine rings is 1. The number of benzene rings is 1. The summed E-state index contributed by atoms with van der Waals surface area (Å²) >= 11 is 0. The van der Waals surface area contributed by atoms with Crippen molar-refractivity contribution in [2.45, 2.75) is 31.1 Å². The molecule has 0 aromatic heterocycles. The van der Waals surface area contributed by atoms with Crippen LogP contribution < -0.4 is 10.6 Å². The zero-order chi connectivity index (χ0) is 23.0. The Morgan fingerprint density at radius 3 is 2.52 bits per heavy atom. The molecule has 174 valence electrons. The molecule has 0 saturated carbocycles. The standard InChI is InChI=1S/C21H34N4O5S/c1-16-6-7-18(14-19(16)31(28,29)24(2)3)23-20(26)15-25-11-8-17(9-12-25)21(27)22-10-5-13-30-4/h6-7,14,17H,5,8-13,15H2,1-4H3,(H,22,27)(H,23,26). The summed E-state index contributed by atoms with van der Waals surface area (Å²) in [6.07, 6.45) is 2.20. The fraction of sp³-hybridized carbons (Fsp3) is 0.619. The number of hydrogen-bond acceptors (Lipinski definition) is 6. The van der Waals surface area contributed by atoms with Gasteiger partial charge < -0.3 is 15.4 Å². The molecule has 1 aromatic carbocycles. The predicted molar refractivity (Wildman–Crippen MR) is 119 cm³/mol. The molecule has 1 aliphatic heterocycles. The molecule has 0 bridgehead atoms. The van der Waals surface area contributed by atoms with Crippen molar-refractivity contribution in [3.05, 3.63) is 23.8 Å². The number of anilines is 1. The minimum absolute atomic E-state index is 0.0299. The van der Waals surface area contributed by atoms with Gasteiger partial charge in [-0.25, -0.2) is 12.7 Å². The van der Waals surface area contributed by atoms with Crippen LogP contribution in [-0.2, 0) is 24.3 Å². The molecule has 2 amide bonds. The number of hydrogen-bond donors (Lipinski definition) is 2. The van der Waals surface area contributed by atoms with Gasteiger partial charge in [0.15, 0.2) is 0 Å². The van der Waals surface area contributed by atoms with Gasteiger partial charge in [0.2, 0.25) is 21.8 Å². The first-order valence-corrected chi connectivity index (χ1v) is 11.9. The molecule has 1 saturated heterocycles. The Bertz CT molecular complexity index is 865. The van der Waals surface area contributed by atoms with Crippen LogP contribution in [0.15, 0.2) is 23.1 Å². The van der Waals surface area contributed by atoms with Gasteiger partial charge in [-0.15, -0.1) is 0 Å². The van der Waals surface area contributed by atoms with Crippen LogP contribution in [0.5, 0.6) is 0 Å². The van der Waals surface area contributed by atoms with Crippen molar-refractivity contribution in [2.24, 2.45) is 5.92 Å². The number of likely N-dealkylation sites (tertiary alicyclic amines) is 1. The number of methoxy groups -OCH3 is 1. The van der Waals surface area contributed by atoms with E-state index in [0.29, 0.717) is 50.3 Å². The summed E-state index contributed by atoms with van der Waals surface area (Å²) in [6, 6.07) is 4.87. The molecule has 9 nitrogen and oxygen atoms in total. The van der Waals surface area contributed by atoms with Crippen LogP contribution in [0.3, 0.4) is 0 Å². The van der Waals surface area contributed by atoms with Crippen LogP contribution in [0.4, 0.5) is 5.69 Å². The van der Waals surface area contributed by atoms with E-state index < -0.39 is 10.0 Å². The first-order chi connectivity index (χ1) is 14.6. The summed E-state index contributed by atoms with van der Waals surface area (Å²) < 4.78 is 31.0. The summed E-state index contributed by atoms with van der Waals surface area (Å²) in [7, 11) is 0.997. The van der Waals surface area contributed by atoms with E-state index in [0.717, 1.165) is 10.7 Å². The summed E-state index contributed by atoms with van der Waals surface area (Å²) in [5, 5.41) is 5.72. The normalized spacial score (nSPS) is 15.8. The van der Waals surface area contributed by atoms with Crippen LogP contribution in [0.1, 0.15) is 24.8 Å². The van der Waals surface area contributed by atoms with Gasteiger partial charge in [0, 0.05) is 46.0 Å². The highest BCUT2D eigenvalue weighted by Crippen LogP contribution is 2.23.